The predicted octanol–water partition coefficient (Wildman–Crippen LogP) is 3.48. The lowest BCUT2D eigenvalue weighted by atomic mass is 10.3. The van der Waals surface area contributed by atoms with Crippen molar-refractivity contribution in [1.82, 2.24) is 0 Å². The molecule has 0 radical (unpaired) electrons. The molecule has 0 aliphatic rings. The summed E-state index contributed by atoms with van der Waals surface area (Å²) in [4.78, 5) is 31.8. The molecule has 27 heavy (non-hydrogen) atoms. The Morgan fingerprint density at radius 1 is 1.00 bits per heavy atom. The van der Waals surface area contributed by atoms with Crippen molar-refractivity contribution >= 4 is 27.5 Å². The van der Waals surface area contributed by atoms with Gasteiger partial charge in [-0.25, -0.2) is 9.00 Å². The summed E-state index contributed by atoms with van der Waals surface area (Å²) in [7, 11) is -3.86. The molecule has 0 bridgehead atoms. The van der Waals surface area contributed by atoms with Crippen molar-refractivity contribution in [3.05, 3.63) is 68.8 Å². The Hall–Kier alpha value is -3.54. The predicted molar refractivity (Wildman–Crippen MR) is 92.7 cm³/mol. The molecule has 0 saturated heterocycles. The number of hydrogen-bond acceptors (Lipinski definition) is 8. The minimum atomic E-state index is -3.86. The number of carbonyl (C=O) groups is 1. The van der Waals surface area contributed by atoms with E-state index < -0.39 is 25.9 Å². The molecule has 0 spiro atoms. The number of nitrogens with zero attached hydrogens (tertiary/aromatic N) is 3. The summed E-state index contributed by atoms with van der Waals surface area (Å²) in [6, 6.07) is 9.03. The van der Waals surface area contributed by atoms with Gasteiger partial charge < -0.3 is 8.92 Å². The molecule has 2 aromatic carbocycles. The Balaban J connectivity index is 2.46. The van der Waals surface area contributed by atoms with E-state index in [0.29, 0.717) is 0 Å². The van der Waals surface area contributed by atoms with E-state index in [-0.39, 0.29) is 28.6 Å². The number of nitro benzene ring substituents is 2. The summed E-state index contributed by atoms with van der Waals surface area (Å²) >= 11 is 0. The maximum absolute atomic E-state index is 13.1. The van der Waals surface area contributed by atoms with Crippen molar-refractivity contribution in [2.45, 2.75) is 11.8 Å². The van der Waals surface area contributed by atoms with E-state index in [1.807, 2.05) is 0 Å². The molecule has 2 rings (SSSR count). The molecule has 2 aromatic rings. The maximum atomic E-state index is 13.1. The molecular formula is C15H13N3O8S. The van der Waals surface area contributed by atoms with Gasteiger partial charge in [-0.2, -0.15) is 0 Å². The van der Waals surface area contributed by atoms with Crippen LogP contribution in [0, 0.1) is 20.2 Å². The zero-order chi connectivity index (χ0) is 20.0. The van der Waals surface area contributed by atoms with Crippen LogP contribution in [0.15, 0.2) is 57.8 Å². The summed E-state index contributed by atoms with van der Waals surface area (Å²) in [5.74, 6) is -0.0583. The van der Waals surface area contributed by atoms with Gasteiger partial charge in [-0.15, -0.1) is 0 Å². The first-order chi connectivity index (χ1) is 12.7. The quantitative estimate of drug-likeness (QED) is 0.532. The van der Waals surface area contributed by atoms with Crippen LogP contribution in [-0.2, 0) is 14.7 Å². The fourth-order valence-corrected chi connectivity index (χ4v) is 3.20. The molecule has 0 heterocycles. The summed E-state index contributed by atoms with van der Waals surface area (Å²) in [6.45, 7) is 1.51. The first-order valence-corrected chi connectivity index (χ1v) is 8.81. The maximum Gasteiger partial charge on any atom is 0.444 e. The average Bonchev–Trinajstić information content (AvgIpc) is 2.62. The third kappa shape index (κ3) is 4.98. The number of nitro groups is 2. The van der Waals surface area contributed by atoms with Gasteiger partial charge in [-0.3, -0.25) is 20.2 Å². The van der Waals surface area contributed by atoms with Crippen LogP contribution in [0.2, 0.25) is 0 Å². The van der Waals surface area contributed by atoms with E-state index >= 15 is 0 Å². The minimum Gasteiger partial charge on any atom is -0.448 e. The smallest absolute Gasteiger partial charge is 0.444 e. The second kappa shape index (κ2) is 8.23. The standard InChI is InChI=1S/C15H13N3O8S/c1-2-25-15(19)16-27(24,14-9-5-12(6-10-14)18(22)23)26-13-7-3-11(4-8-13)17(20)21/h3-10H,2H2,1H3. The van der Waals surface area contributed by atoms with Crippen molar-refractivity contribution in [2.24, 2.45) is 4.36 Å². The second-order valence-electron chi connectivity index (χ2n) is 4.85. The van der Waals surface area contributed by atoms with E-state index in [9.17, 15) is 29.2 Å². The fraction of sp³-hybridized carbons (Fsp3) is 0.133. The number of rotatable bonds is 6. The monoisotopic (exact) mass is 395 g/mol. The van der Waals surface area contributed by atoms with Gasteiger partial charge >= 0.3 is 6.09 Å². The van der Waals surface area contributed by atoms with Gasteiger partial charge in [0.2, 0.25) is 10.0 Å². The molecule has 142 valence electrons. The van der Waals surface area contributed by atoms with E-state index in [4.69, 9.17) is 4.18 Å². The molecule has 1 unspecified atom stereocenters. The van der Waals surface area contributed by atoms with Crippen LogP contribution < -0.4 is 4.18 Å². The summed E-state index contributed by atoms with van der Waals surface area (Å²) in [5.41, 5.74) is -0.474. The SMILES string of the molecule is CCOC(=O)N=S(=O)(Oc1ccc([N+](=O)[O-])cc1)c1ccc([N+](=O)[O-])cc1. The highest BCUT2D eigenvalue weighted by Crippen LogP contribution is 2.25. The zero-order valence-corrected chi connectivity index (χ0v) is 14.7. The third-order valence-electron chi connectivity index (χ3n) is 3.06. The molecule has 0 aliphatic heterocycles. The number of non-ortho nitro benzene ring substituents is 2. The molecular weight excluding hydrogens is 382 g/mol. The molecule has 1 amide bonds. The Labute approximate surface area is 153 Å². The minimum absolute atomic E-state index is 0.0182. The second-order valence-corrected chi connectivity index (χ2v) is 6.62. The van der Waals surface area contributed by atoms with Crippen molar-refractivity contribution in [3.8, 4) is 5.75 Å². The van der Waals surface area contributed by atoms with Gasteiger partial charge in [-0.05, 0) is 31.2 Å². The van der Waals surface area contributed by atoms with E-state index in [1.54, 1.807) is 0 Å². The van der Waals surface area contributed by atoms with Crippen LogP contribution in [0.25, 0.3) is 0 Å². The summed E-state index contributed by atoms with van der Waals surface area (Å²) in [5, 5.41) is 21.4. The molecule has 0 aromatic heterocycles. The van der Waals surface area contributed by atoms with Gasteiger partial charge in [0.25, 0.3) is 11.4 Å². The Kier molecular flexibility index (Phi) is 6.03. The Morgan fingerprint density at radius 2 is 1.48 bits per heavy atom. The van der Waals surface area contributed by atoms with Crippen LogP contribution in [0.1, 0.15) is 6.92 Å². The van der Waals surface area contributed by atoms with Gasteiger partial charge in [0.15, 0.2) is 0 Å². The zero-order valence-electron chi connectivity index (χ0n) is 13.8. The number of amides is 1. The number of carbonyl (C=O) groups excluding carboxylic acids is 1. The molecule has 12 heteroatoms. The highest BCUT2D eigenvalue weighted by atomic mass is 32.2. The topological polar surface area (TPSA) is 151 Å². The van der Waals surface area contributed by atoms with Crippen LogP contribution in [0.5, 0.6) is 5.75 Å². The van der Waals surface area contributed by atoms with Crippen LogP contribution in [0.4, 0.5) is 16.2 Å². The highest BCUT2D eigenvalue weighted by Gasteiger charge is 2.20. The van der Waals surface area contributed by atoms with Gasteiger partial charge in [0.05, 0.1) is 21.3 Å². The Morgan fingerprint density at radius 3 is 1.93 bits per heavy atom. The van der Waals surface area contributed by atoms with Crippen LogP contribution in [-0.4, -0.2) is 26.8 Å². The van der Waals surface area contributed by atoms with Crippen molar-refractivity contribution in [2.75, 3.05) is 6.61 Å². The Bertz CT molecular complexity index is 979. The van der Waals surface area contributed by atoms with Gasteiger partial charge in [-0.1, -0.05) is 4.36 Å². The summed E-state index contributed by atoms with van der Waals surface area (Å²) in [6.07, 6.45) is -1.15. The lowest BCUT2D eigenvalue weighted by Crippen LogP contribution is -2.13. The fourth-order valence-electron chi connectivity index (χ4n) is 1.86. The third-order valence-corrected chi connectivity index (χ3v) is 4.74. The first kappa shape index (κ1) is 19.8. The molecule has 0 N–H and O–H groups in total. The molecule has 0 fully saturated rings. The van der Waals surface area contributed by atoms with Gasteiger partial charge in [0, 0.05) is 24.3 Å². The van der Waals surface area contributed by atoms with Crippen LogP contribution in [0.3, 0.4) is 0 Å². The van der Waals surface area contributed by atoms with E-state index in [1.165, 1.54) is 19.1 Å². The lowest BCUT2D eigenvalue weighted by molar-refractivity contribution is -0.385. The first-order valence-electron chi connectivity index (χ1n) is 7.37. The number of hydrogen-bond donors (Lipinski definition) is 0. The van der Waals surface area contributed by atoms with Crippen molar-refractivity contribution in [1.29, 1.82) is 0 Å². The summed E-state index contributed by atoms with van der Waals surface area (Å²) < 4.78 is 26.5. The van der Waals surface area contributed by atoms with Gasteiger partial charge in [0.1, 0.15) is 5.75 Å². The van der Waals surface area contributed by atoms with Crippen LogP contribution >= 0.6 is 0 Å². The highest BCUT2D eigenvalue weighted by molar-refractivity contribution is 7.89. The van der Waals surface area contributed by atoms with E-state index in [0.717, 1.165) is 36.4 Å². The molecule has 0 saturated carbocycles. The average molecular weight is 395 g/mol. The normalized spacial score (nSPS) is 12.5. The molecule has 0 aliphatic carbocycles. The van der Waals surface area contributed by atoms with Crippen molar-refractivity contribution < 1.29 is 27.8 Å². The van der Waals surface area contributed by atoms with Crippen molar-refractivity contribution in [3.63, 3.8) is 0 Å². The number of ether oxygens (including phenoxy) is 1. The van der Waals surface area contributed by atoms with E-state index in [2.05, 4.69) is 9.10 Å². The lowest BCUT2D eigenvalue weighted by Gasteiger charge is -2.11. The number of benzene rings is 2. The largest absolute Gasteiger partial charge is 0.448 e. The molecule has 1 atom stereocenters. The molecule has 11 nitrogen and oxygen atoms in total.